The zero-order valence-electron chi connectivity index (χ0n) is 25.4. The summed E-state index contributed by atoms with van der Waals surface area (Å²) in [5.41, 5.74) is -3.75. The minimum Gasteiger partial charge on any atom is -0.472 e. The Bertz CT molecular complexity index is 1300. The summed E-state index contributed by atoms with van der Waals surface area (Å²) < 4.78 is 35.4. The molecule has 1 spiro atoms. The van der Waals surface area contributed by atoms with Gasteiger partial charge in [0.15, 0.2) is 6.10 Å². The van der Waals surface area contributed by atoms with Crippen molar-refractivity contribution in [1.29, 1.82) is 0 Å². The zero-order chi connectivity index (χ0) is 31.0. The number of carbonyl (C=O) groups excluding carboxylic acids is 5. The number of rotatable bonds is 5. The van der Waals surface area contributed by atoms with Gasteiger partial charge >= 0.3 is 23.9 Å². The molecule has 0 N–H and O–H groups in total. The van der Waals surface area contributed by atoms with Gasteiger partial charge in [-0.05, 0) is 18.4 Å². The Labute approximate surface area is 244 Å². The topological polar surface area (TPSA) is 145 Å². The van der Waals surface area contributed by atoms with Gasteiger partial charge in [0, 0.05) is 53.9 Å². The molecule has 2 bridgehead atoms. The lowest BCUT2D eigenvalue weighted by Gasteiger charge is -2.60. The molecule has 11 nitrogen and oxygen atoms in total. The van der Waals surface area contributed by atoms with Crippen LogP contribution in [-0.2, 0) is 47.7 Å². The molecule has 1 aromatic rings. The van der Waals surface area contributed by atoms with E-state index >= 15 is 0 Å². The lowest BCUT2D eigenvalue weighted by atomic mass is 9.43. The van der Waals surface area contributed by atoms with Gasteiger partial charge < -0.3 is 28.1 Å². The van der Waals surface area contributed by atoms with Crippen molar-refractivity contribution in [3.8, 4) is 0 Å². The smallest absolute Gasteiger partial charge is 0.309 e. The first-order chi connectivity index (χ1) is 19.5. The summed E-state index contributed by atoms with van der Waals surface area (Å²) in [6.45, 7) is 11.8. The second-order valence-electron chi connectivity index (χ2n) is 13.5. The number of fused-ring (bicyclic) bond motifs is 1. The standard InChI is InChI=1S/C31H40O11/c1-15-23(36)19-12-29(6)25(18-9-10-38-14-18)41-22(35)13-31(15,29)42-27-24(39-16(2)32)26(40-17(3)33)28(4,5)20(30(19,27)7)11-21(34)37-8/h9-10,14-15,19-20,24-27H,11-13H2,1-8H3/t15-,19-,20-,24-,25-,26+,27-,29-,30+,31-/m0/s1. The molecule has 0 aromatic carbocycles. The highest BCUT2D eigenvalue weighted by Crippen LogP contribution is 2.71. The van der Waals surface area contributed by atoms with Gasteiger partial charge in [0.25, 0.3) is 0 Å². The van der Waals surface area contributed by atoms with Gasteiger partial charge in [-0.1, -0.05) is 34.6 Å². The number of hydrogen-bond donors (Lipinski definition) is 0. The molecule has 0 unspecified atom stereocenters. The number of methoxy groups -OCH3 is 1. The van der Waals surface area contributed by atoms with Gasteiger partial charge in [-0.25, -0.2) is 0 Å². The summed E-state index contributed by atoms with van der Waals surface area (Å²) in [4.78, 5) is 65.8. The molecule has 0 amide bonds. The fourth-order valence-corrected chi connectivity index (χ4v) is 9.03. The predicted octanol–water partition coefficient (Wildman–Crippen LogP) is 3.73. The molecule has 1 aromatic heterocycles. The van der Waals surface area contributed by atoms with Gasteiger partial charge in [-0.2, -0.15) is 0 Å². The van der Waals surface area contributed by atoms with E-state index < -0.39 is 87.9 Å². The van der Waals surface area contributed by atoms with Crippen LogP contribution in [0.25, 0.3) is 0 Å². The first kappa shape index (κ1) is 30.3. The molecule has 0 radical (unpaired) electrons. The van der Waals surface area contributed by atoms with E-state index in [0.717, 1.165) is 0 Å². The average molecular weight is 589 g/mol. The second kappa shape index (κ2) is 9.92. The lowest BCUT2D eigenvalue weighted by molar-refractivity contribution is -0.297. The minimum atomic E-state index is -1.36. The summed E-state index contributed by atoms with van der Waals surface area (Å²) in [5, 5.41) is 0. The molecule has 5 aliphatic rings. The third-order valence-corrected chi connectivity index (χ3v) is 11.0. The Kier molecular flexibility index (Phi) is 7.15. The quantitative estimate of drug-likeness (QED) is 0.366. The van der Waals surface area contributed by atoms with Crippen molar-refractivity contribution in [3.63, 3.8) is 0 Å². The van der Waals surface area contributed by atoms with Crippen molar-refractivity contribution in [2.75, 3.05) is 7.11 Å². The molecule has 3 saturated heterocycles. The maximum absolute atomic E-state index is 14.5. The van der Waals surface area contributed by atoms with Crippen LogP contribution in [-0.4, -0.2) is 60.7 Å². The Morgan fingerprint density at radius 1 is 1.05 bits per heavy atom. The molecule has 2 saturated carbocycles. The third-order valence-electron chi connectivity index (χ3n) is 11.0. The van der Waals surface area contributed by atoms with Gasteiger partial charge in [-0.15, -0.1) is 0 Å². The molecule has 4 heterocycles. The largest absolute Gasteiger partial charge is 0.472 e. The zero-order valence-corrected chi connectivity index (χ0v) is 25.4. The highest BCUT2D eigenvalue weighted by atomic mass is 16.6. The highest BCUT2D eigenvalue weighted by molar-refractivity contribution is 5.89. The van der Waals surface area contributed by atoms with Crippen LogP contribution < -0.4 is 0 Å². The van der Waals surface area contributed by atoms with Crippen molar-refractivity contribution >= 4 is 29.7 Å². The maximum Gasteiger partial charge on any atom is 0.309 e. The van der Waals surface area contributed by atoms with Gasteiger partial charge in [0.2, 0.25) is 0 Å². The Balaban J connectivity index is 1.80. The summed E-state index contributed by atoms with van der Waals surface area (Å²) in [7, 11) is 1.29. The van der Waals surface area contributed by atoms with Crippen LogP contribution in [0.4, 0.5) is 0 Å². The van der Waals surface area contributed by atoms with E-state index in [4.69, 9.17) is 28.1 Å². The fraction of sp³-hybridized carbons (Fsp3) is 0.710. The number of furan rings is 1. The van der Waals surface area contributed by atoms with E-state index in [1.54, 1.807) is 13.0 Å². The predicted molar refractivity (Wildman–Crippen MR) is 143 cm³/mol. The Morgan fingerprint density at radius 3 is 2.29 bits per heavy atom. The molecule has 10 atom stereocenters. The summed E-state index contributed by atoms with van der Waals surface area (Å²) >= 11 is 0. The number of Topliss-reactive ketones (excluding diaryl/α,β-unsaturated/α-hetero) is 1. The lowest BCUT2D eigenvalue weighted by Crippen LogP contribution is -2.69. The molecule has 2 aliphatic carbocycles. The van der Waals surface area contributed by atoms with Crippen LogP contribution in [0.1, 0.15) is 79.4 Å². The number of ether oxygens (including phenoxy) is 5. The second-order valence-corrected chi connectivity index (χ2v) is 13.5. The third kappa shape index (κ3) is 4.06. The van der Waals surface area contributed by atoms with E-state index in [-0.39, 0.29) is 25.0 Å². The van der Waals surface area contributed by atoms with E-state index in [0.29, 0.717) is 5.56 Å². The average Bonchev–Trinajstić information content (AvgIpc) is 3.40. The number of hydrogen-bond acceptors (Lipinski definition) is 11. The number of esters is 4. The van der Waals surface area contributed by atoms with Gasteiger partial charge in [0.1, 0.15) is 24.1 Å². The van der Waals surface area contributed by atoms with Crippen molar-refractivity contribution in [2.24, 2.45) is 34.0 Å². The first-order valence-electron chi connectivity index (χ1n) is 14.4. The van der Waals surface area contributed by atoms with Crippen LogP contribution in [0.2, 0.25) is 0 Å². The van der Waals surface area contributed by atoms with E-state index in [2.05, 4.69) is 0 Å². The molecule has 6 rings (SSSR count). The van der Waals surface area contributed by atoms with E-state index in [1.807, 2.05) is 27.7 Å². The van der Waals surface area contributed by atoms with Gasteiger partial charge in [-0.3, -0.25) is 24.0 Å². The van der Waals surface area contributed by atoms with E-state index in [9.17, 15) is 24.0 Å². The Morgan fingerprint density at radius 2 is 1.71 bits per heavy atom. The summed E-state index contributed by atoms with van der Waals surface area (Å²) in [6, 6.07) is 1.73. The van der Waals surface area contributed by atoms with E-state index in [1.165, 1.54) is 33.5 Å². The van der Waals surface area contributed by atoms with Crippen LogP contribution in [0.5, 0.6) is 0 Å². The SMILES string of the molecule is COC(=O)C[C@H]1C(C)(C)[C@H](OC(C)=O)[C@H](OC(C)=O)[C@@H]2O[C@]34CC(=O)O[C@@H](c5ccoc5)[C@]3(C)C[C@@H](C(=O)[C@@H]4C)[C@@]21C. The number of carbonyl (C=O) groups is 5. The molecule has 11 heteroatoms. The first-order valence-corrected chi connectivity index (χ1v) is 14.4. The number of ketones is 1. The summed E-state index contributed by atoms with van der Waals surface area (Å²) in [5.74, 6) is -4.44. The highest BCUT2D eigenvalue weighted by Gasteiger charge is 2.78. The Hall–Kier alpha value is -3.21. The fourth-order valence-electron chi connectivity index (χ4n) is 9.03. The van der Waals surface area contributed by atoms with Crippen molar-refractivity contribution < 1.29 is 52.1 Å². The molecule has 230 valence electrons. The van der Waals surface area contributed by atoms with Crippen LogP contribution in [0, 0.1) is 34.0 Å². The van der Waals surface area contributed by atoms with Crippen molar-refractivity contribution in [1.82, 2.24) is 0 Å². The molecule has 42 heavy (non-hydrogen) atoms. The maximum atomic E-state index is 14.5. The molecular formula is C31H40O11. The summed E-state index contributed by atoms with van der Waals surface area (Å²) in [6.07, 6.45) is -1.01. The molecule has 3 aliphatic heterocycles. The minimum absolute atomic E-state index is 0.101. The number of cyclic esters (lactones) is 1. The molecule has 5 fully saturated rings. The van der Waals surface area contributed by atoms with Crippen LogP contribution in [0.3, 0.4) is 0 Å². The monoisotopic (exact) mass is 588 g/mol. The normalized spacial score (nSPS) is 42.0. The van der Waals surface area contributed by atoms with Gasteiger partial charge in [0.05, 0.1) is 31.7 Å². The van der Waals surface area contributed by atoms with Crippen molar-refractivity contribution in [2.45, 2.75) is 97.7 Å². The van der Waals surface area contributed by atoms with Crippen molar-refractivity contribution in [3.05, 3.63) is 24.2 Å². The van der Waals surface area contributed by atoms with Crippen LogP contribution >= 0.6 is 0 Å². The van der Waals surface area contributed by atoms with Crippen LogP contribution in [0.15, 0.2) is 23.0 Å². The molecular weight excluding hydrogens is 548 g/mol.